The van der Waals surface area contributed by atoms with Crippen molar-refractivity contribution in [3.63, 3.8) is 0 Å². The highest BCUT2D eigenvalue weighted by Crippen LogP contribution is 2.19. The summed E-state index contributed by atoms with van der Waals surface area (Å²) in [6, 6.07) is 13.4. The Morgan fingerprint density at radius 2 is 2.11 bits per heavy atom. The molecule has 2 aromatic carbocycles. The van der Waals surface area contributed by atoms with Crippen LogP contribution in [0.3, 0.4) is 0 Å². The molecule has 0 saturated carbocycles. The molecule has 1 aromatic heterocycles. The maximum absolute atomic E-state index is 12.9. The fourth-order valence-corrected chi connectivity index (χ4v) is 3.00. The van der Waals surface area contributed by atoms with Gasteiger partial charge in [-0.25, -0.2) is 14.8 Å². The number of anilines is 1. The number of rotatable bonds is 6. The van der Waals surface area contributed by atoms with Gasteiger partial charge in [-0.1, -0.05) is 35.6 Å². The maximum Gasteiger partial charge on any atom is 0.283 e. The summed E-state index contributed by atoms with van der Waals surface area (Å²) in [6.07, 6.45) is 1.52. The van der Waals surface area contributed by atoms with Gasteiger partial charge in [0.05, 0.1) is 11.9 Å². The maximum atomic E-state index is 12.9. The van der Waals surface area contributed by atoms with Gasteiger partial charge in [-0.15, -0.1) is 0 Å². The second kappa shape index (κ2) is 8.41. The lowest BCUT2D eigenvalue weighted by atomic mass is 10.2. The van der Waals surface area contributed by atoms with E-state index in [4.69, 9.17) is 10.5 Å². The van der Waals surface area contributed by atoms with Crippen molar-refractivity contribution in [2.75, 3.05) is 5.73 Å². The molecular weight excluding hydrogens is 367 g/mol. The number of carbonyl (C=O) groups excluding carboxylic acids is 1. The first-order chi connectivity index (χ1) is 13.0. The van der Waals surface area contributed by atoms with Gasteiger partial charge in [0.2, 0.25) is 0 Å². The minimum absolute atomic E-state index is 0.282. The van der Waals surface area contributed by atoms with Gasteiger partial charge < -0.3 is 10.5 Å². The first-order valence-corrected chi connectivity index (χ1v) is 8.86. The highest BCUT2D eigenvalue weighted by Gasteiger charge is 2.13. The SMILES string of the molecule is Cc1nc(N)sc1C(=O)N/N=C\c1cccc(OCc2ccc(F)cc2)c1. The summed E-state index contributed by atoms with van der Waals surface area (Å²) in [5.41, 5.74) is 10.2. The second-order valence-corrected chi connectivity index (χ2v) is 6.68. The van der Waals surface area contributed by atoms with Gasteiger partial charge in [0.15, 0.2) is 5.13 Å². The molecule has 6 nitrogen and oxygen atoms in total. The summed E-state index contributed by atoms with van der Waals surface area (Å²) in [7, 11) is 0. The normalized spacial score (nSPS) is 10.9. The van der Waals surface area contributed by atoms with Crippen LogP contribution in [0, 0.1) is 12.7 Å². The van der Waals surface area contributed by atoms with E-state index in [1.807, 2.05) is 18.2 Å². The summed E-state index contributed by atoms with van der Waals surface area (Å²) in [6.45, 7) is 2.04. The van der Waals surface area contributed by atoms with E-state index >= 15 is 0 Å². The Labute approximate surface area is 159 Å². The number of ether oxygens (including phenoxy) is 1. The van der Waals surface area contributed by atoms with Crippen molar-refractivity contribution in [3.8, 4) is 5.75 Å². The third kappa shape index (κ3) is 5.11. The molecule has 0 aliphatic rings. The fraction of sp³-hybridized carbons (Fsp3) is 0.105. The average molecular weight is 384 g/mol. The van der Waals surface area contributed by atoms with Crippen molar-refractivity contribution < 1.29 is 13.9 Å². The Balaban J connectivity index is 1.58. The van der Waals surface area contributed by atoms with Crippen LogP contribution in [0.4, 0.5) is 9.52 Å². The van der Waals surface area contributed by atoms with Crippen molar-refractivity contribution in [2.45, 2.75) is 13.5 Å². The molecule has 3 aromatic rings. The topological polar surface area (TPSA) is 89.6 Å². The van der Waals surface area contributed by atoms with E-state index in [0.29, 0.717) is 28.1 Å². The summed E-state index contributed by atoms with van der Waals surface area (Å²) in [5, 5.41) is 4.29. The van der Waals surface area contributed by atoms with Gasteiger partial charge in [0.25, 0.3) is 5.91 Å². The second-order valence-electron chi connectivity index (χ2n) is 5.65. The van der Waals surface area contributed by atoms with E-state index in [9.17, 15) is 9.18 Å². The highest BCUT2D eigenvalue weighted by molar-refractivity contribution is 7.17. The number of benzene rings is 2. The van der Waals surface area contributed by atoms with Crippen molar-refractivity contribution in [3.05, 3.63) is 76.0 Å². The number of nitrogen functional groups attached to an aromatic ring is 1. The highest BCUT2D eigenvalue weighted by atomic mass is 32.1. The minimum Gasteiger partial charge on any atom is -0.489 e. The zero-order valence-electron chi connectivity index (χ0n) is 14.5. The number of aromatic nitrogens is 1. The molecular formula is C19H17FN4O2S. The molecule has 0 bridgehead atoms. The number of hydrogen-bond acceptors (Lipinski definition) is 6. The smallest absolute Gasteiger partial charge is 0.283 e. The molecule has 0 fully saturated rings. The molecule has 0 atom stereocenters. The Hall–Kier alpha value is -3.26. The van der Waals surface area contributed by atoms with Crippen LogP contribution in [-0.4, -0.2) is 17.1 Å². The Morgan fingerprint density at radius 1 is 1.33 bits per heavy atom. The standard InChI is InChI=1S/C19H17FN4O2S/c1-12-17(27-19(21)23-12)18(25)24-22-10-14-3-2-4-16(9-14)26-11-13-5-7-15(20)8-6-13/h2-10H,11H2,1H3,(H2,21,23)(H,24,25)/b22-10-. The number of nitrogens with zero attached hydrogens (tertiary/aromatic N) is 2. The van der Waals surface area contributed by atoms with Gasteiger partial charge >= 0.3 is 0 Å². The number of carbonyl (C=O) groups is 1. The number of hydrazone groups is 1. The molecule has 0 aliphatic carbocycles. The first kappa shape index (κ1) is 18.5. The molecule has 0 unspecified atom stereocenters. The number of halogens is 1. The molecule has 0 radical (unpaired) electrons. The molecule has 3 N–H and O–H groups in total. The van der Waals surface area contributed by atoms with Crippen LogP contribution in [-0.2, 0) is 6.61 Å². The third-order valence-electron chi connectivity index (χ3n) is 3.58. The number of nitrogens with one attached hydrogen (secondary N) is 1. The van der Waals surface area contributed by atoms with Crippen LogP contribution in [0.5, 0.6) is 5.75 Å². The van der Waals surface area contributed by atoms with E-state index in [0.717, 1.165) is 22.5 Å². The summed E-state index contributed by atoms with van der Waals surface area (Å²) >= 11 is 1.11. The lowest BCUT2D eigenvalue weighted by Crippen LogP contribution is -2.17. The van der Waals surface area contributed by atoms with E-state index in [-0.39, 0.29) is 11.7 Å². The molecule has 138 valence electrons. The lowest BCUT2D eigenvalue weighted by molar-refractivity contribution is 0.0958. The van der Waals surface area contributed by atoms with E-state index < -0.39 is 0 Å². The Kier molecular flexibility index (Phi) is 5.77. The van der Waals surface area contributed by atoms with E-state index in [2.05, 4.69) is 15.5 Å². The van der Waals surface area contributed by atoms with Crippen LogP contribution in [0.15, 0.2) is 53.6 Å². The van der Waals surface area contributed by atoms with E-state index in [1.165, 1.54) is 18.3 Å². The van der Waals surface area contributed by atoms with Crippen LogP contribution in [0.25, 0.3) is 0 Å². The van der Waals surface area contributed by atoms with Gasteiger partial charge in [0.1, 0.15) is 23.1 Å². The van der Waals surface area contributed by atoms with Crippen molar-refractivity contribution in [1.82, 2.24) is 10.4 Å². The quantitative estimate of drug-likeness (QED) is 0.503. The number of hydrogen-bond donors (Lipinski definition) is 2. The van der Waals surface area contributed by atoms with Crippen molar-refractivity contribution >= 4 is 28.6 Å². The Morgan fingerprint density at radius 3 is 2.81 bits per heavy atom. The molecule has 0 aliphatic heterocycles. The number of aryl methyl sites for hydroxylation is 1. The number of nitrogens with two attached hydrogens (primary N) is 1. The van der Waals surface area contributed by atoms with Crippen LogP contribution >= 0.6 is 11.3 Å². The molecule has 3 rings (SSSR count). The van der Waals surface area contributed by atoms with Crippen molar-refractivity contribution in [1.29, 1.82) is 0 Å². The first-order valence-electron chi connectivity index (χ1n) is 8.05. The van der Waals surface area contributed by atoms with Gasteiger partial charge in [-0.2, -0.15) is 5.10 Å². The predicted octanol–water partition coefficient (Wildman–Crippen LogP) is 3.52. The third-order valence-corrected chi connectivity index (χ3v) is 4.56. The number of amides is 1. The van der Waals surface area contributed by atoms with Crippen LogP contribution in [0.1, 0.15) is 26.5 Å². The zero-order chi connectivity index (χ0) is 19.2. The van der Waals surface area contributed by atoms with Gasteiger partial charge in [-0.05, 0) is 42.3 Å². The summed E-state index contributed by atoms with van der Waals surface area (Å²) in [5.74, 6) is -0.00226. The van der Waals surface area contributed by atoms with Gasteiger partial charge in [-0.3, -0.25) is 4.79 Å². The lowest BCUT2D eigenvalue weighted by Gasteiger charge is -2.07. The summed E-state index contributed by atoms with van der Waals surface area (Å²) in [4.78, 5) is 16.5. The van der Waals surface area contributed by atoms with Gasteiger partial charge in [0, 0.05) is 0 Å². The van der Waals surface area contributed by atoms with Crippen LogP contribution in [0.2, 0.25) is 0 Å². The average Bonchev–Trinajstić information content (AvgIpc) is 3.00. The molecule has 1 amide bonds. The van der Waals surface area contributed by atoms with E-state index in [1.54, 1.807) is 25.1 Å². The van der Waals surface area contributed by atoms with Crippen molar-refractivity contribution in [2.24, 2.45) is 5.10 Å². The Bertz CT molecular complexity index is 970. The fourth-order valence-electron chi connectivity index (χ4n) is 2.28. The predicted molar refractivity (Wildman–Crippen MR) is 103 cm³/mol. The largest absolute Gasteiger partial charge is 0.489 e. The minimum atomic E-state index is -0.360. The number of thiazole rings is 1. The molecule has 8 heteroatoms. The molecule has 0 saturated heterocycles. The molecule has 27 heavy (non-hydrogen) atoms. The monoisotopic (exact) mass is 384 g/mol. The summed E-state index contributed by atoms with van der Waals surface area (Å²) < 4.78 is 18.6. The molecule has 1 heterocycles. The van der Waals surface area contributed by atoms with Crippen LogP contribution < -0.4 is 15.9 Å². The molecule has 0 spiro atoms. The zero-order valence-corrected chi connectivity index (χ0v) is 15.3.